The first-order valence-corrected chi connectivity index (χ1v) is 8.38. The molecule has 25 heavy (non-hydrogen) atoms. The molecule has 0 spiro atoms. The average Bonchev–Trinajstić information content (AvgIpc) is 3.04. The van der Waals surface area contributed by atoms with E-state index in [-0.39, 0.29) is 12.3 Å². The monoisotopic (exact) mass is 342 g/mol. The Kier molecular flexibility index (Phi) is 5.88. The van der Waals surface area contributed by atoms with Gasteiger partial charge >= 0.3 is 0 Å². The number of nitriles is 1. The average molecular weight is 342 g/mol. The third-order valence-corrected chi connectivity index (χ3v) is 3.98. The van der Waals surface area contributed by atoms with E-state index in [2.05, 4.69) is 21.3 Å². The number of nitrogens with zero attached hydrogens (tertiary/aromatic N) is 3. The molecule has 0 amide bonds. The van der Waals surface area contributed by atoms with Gasteiger partial charge in [0.25, 0.3) is 0 Å². The summed E-state index contributed by atoms with van der Waals surface area (Å²) in [5, 5.41) is 12.4. The number of oxazole rings is 1. The van der Waals surface area contributed by atoms with Crippen LogP contribution < -0.4 is 10.1 Å². The van der Waals surface area contributed by atoms with Gasteiger partial charge in [-0.05, 0) is 19.1 Å². The van der Waals surface area contributed by atoms with Gasteiger partial charge in [0.05, 0.1) is 13.2 Å². The zero-order chi connectivity index (χ0) is 17.5. The Morgan fingerprint density at radius 2 is 2.04 bits per heavy atom. The van der Waals surface area contributed by atoms with Crippen LogP contribution in [0.2, 0.25) is 0 Å². The number of aryl methyl sites for hydroxylation is 1. The van der Waals surface area contributed by atoms with Crippen molar-refractivity contribution in [1.82, 2.24) is 9.88 Å². The molecule has 0 aliphatic carbocycles. The molecule has 132 valence electrons. The number of hydrogen-bond donors (Lipinski definition) is 1. The zero-order valence-corrected chi connectivity index (χ0v) is 14.3. The van der Waals surface area contributed by atoms with E-state index in [4.69, 9.17) is 13.9 Å². The minimum Gasteiger partial charge on any atom is -0.484 e. The fourth-order valence-electron chi connectivity index (χ4n) is 2.55. The van der Waals surface area contributed by atoms with Crippen LogP contribution in [0.3, 0.4) is 0 Å². The Balaban J connectivity index is 1.51. The van der Waals surface area contributed by atoms with Crippen LogP contribution in [-0.4, -0.2) is 49.3 Å². The Morgan fingerprint density at radius 3 is 2.76 bits per heavy atom. The Hall–Kier alpha value is -2.56. The van der Waals surface area contributed by atoms with E-state index >= 15 is 0 Å². The number of ether oxygens (including phenoxy) is 2. The maximum absolute atomic E-state index is 9.22. The Bertz CT molecular complexity index is 715. The van der Waals surface area contributed by atoms with Crippen LogP contribution in [0.1, 0.15) is 17.1 Å². The summed E-state index contributed by atoms with van der Waals surface area (Å²) in [4.78, 5) is 6.48. The number of morpholine rings is 1. The van der Waals surface area contributed by atoms with E-state index in [1.54, 1.807) is 0 Å². The first kappa shape index (κ1) is 17.3. The molecule has 1 aromatic carbocycles. The van der Waals surface area contributed by atoms with Crippen LogP contribution in [0, 0.1) is 18.3 Å². The van der Waals surface area contributed by atoms with Crippen LogP contribution >= 0.6 is 0 Å². The van der Waals surface area contributed by atoms with Crippen molar-refractivity contribution >= 4 is 5.88 Å². The maximum atomic E-state index is 9.22. The number of hydrogen-bond acceptors (Lipinski definition) is 7. The lowest BCUT2D eigenvalue weighted by molar-refractivity contribution is 0.0398. The topological polar surface area (TPSA) is 83.5 Å². The minimum absolute atomic E-state index is 0.183. The molecule has 1 fully saturated rings. The summed E-state index contributed by atoms with van der Waals surface area (Å²) < 4.78 is 16.6. The molecule has 7 nitrogen and oxygen atoms in total. The van der Waals surface area contributed by atoms with Gasteiger partial charge in [0.15, 0.2) is 6.61 Å². The zero-order valence-electron chi connectivity index (χ0n) is 14.3. The predicted molar refractivity (Wildman–Crippen MR) is 92.5 cm³/mol. The first-order chi connectivity index (χ1) is 12.2. The maximum Gasteiger partial charge on any atom is 0.236 e. The van der Waals surface area contributed by atoms with Crippen LogP contribution in [0.5, 0.6) is 5.75 Å². The lowest BCUT2D eigenvalue weighted by atomic mass is 10.2. The highest BCUT2D eigenvalue weighted by molar-refractivity contribution is 5.45. The molecule has 0 atom stereocenters. The summed E-state index contributed by atoms with van der Waals surface area (Å²) in [6.45, 7) is 7.15. The van der Waals surface area contributed by atoms with E-state index in [0.717, 1.165) is 38.6 Å². The molecule has 0 unspecified atom stereocenters. The number of benzene rings is 1. The van der Waals surface area contributed by atoms with Crippen molar-refractivity contribution in [3.63, 3.8) is 0 Å². The molecule has 2 heterocycles. The summed E-state index contributed by atoms with van der Waals surface area (Å²) in [5.74, 6) is 1.52. The normalized spacial score (nSPS) is 14.9. The second kappa shape index (κ2) is 8.51. The highest BCUT2D eigenvalue weighted by Gasteiger charge is 2.14. The van der Waals surface area contributed by atoms with Gasteiger partial charge in [-0.3, -0.25) is 4.90 Å². The summed E-state index contributed by atoms with van der Waals surface area (Å²) >= 11 is 0. The van der Waals surface area contributed by atoms with Crippen molar-refractivity contribution in [3.05, 3.63) is 41.4 Å². The molecule has 7 heteroatoms. The molecule has 1 saturated heterocycles. The van der Waals surface area contributed by atoms with Crippen molar-refractivity contribution in [3.8, 4) is 11.8 Å². The third kappa shape index (κ3) is 4.95. The van der Waals surface area contributed by atoms with Crippen molar-refractivity contribution in [1.29, 1.82) is 5.26 Å². The summed E-state index contributed by atoms with van der Waals surface area (Å²) in [5.41, 5.74) is 1.42. The third-order valence-electron chi connectivity index (χ3n) is 3.98. The van der Waals surface area contributed by atoms with Gasteiger partial charge in [-0.25, -0.2) is 0 Å². The van der Waals surface area contributed by atoms with Gasteiger partial charge in [-0.15, -0.1) is 0 Å². The fourth-order valence-corrected chi connectivity index (χ4v) is 2.55. The summed E-state index contributed by atoms with van der Waals surface area (Å²) in [7, 11) is 0. The lowest BCUT2D eigenvalue weighted by Crippen LogP contribution is -2.39. The quantitative estimate of drug-likeness (QED) is 0.825. The molecule has 0 bridgehead atoms. The highest BCUT2D eigenvalue weighted by atomic mass is 16.5. The minimum atomic E-state index is 0.183. The SMILES string of the molecule is Cc1ccc(OCc2nc(C#N)c(NCCN3CCOCC3)o2)cc1. The molecule has 1 aliphatic heterocycles. The van der Waals surface area contributed by atoms with Gasteiger partial charge < -0.3 is 19.2 Å². The largest absolute Gasteiger partial charge is 0.484 e. The molecular weight excluding hydrogens is 320 g/mol. The van der Waals surface area contributed by atoms with Crippen LogP contribution in [-0.2, 0) is 11.3 Å². The molecule has 1 aromatic heterocycles. The summed E-state index contributed by atoms with van der Waals surface area (Å²) in [6, 6.07) is 9.79. The van der Waals surface area contributed by atoms with E-state index in [1.165, 1.54) is 5.56 Å². The Labute approximate surface area is 147 Å². The summed E-state index contributed by atoms with van der Waals surface area (Å²) in [6.07, 6.45) is 0. The second-order valence-corrected chi connectivity index (χ2v) is 5.88. The van der Waals surface area contributed by atoms with Crippen molar-refractivity contribution in [2.24, 2.45) is 0 Å². The van der Waals surface area contributed by atoms with E-state index in [1.807, 2.05) is 31.2 Å². The lowest BCUT2D eigenvalue weighted by Gasteiger charge is -2.26. The number of nitrogens with one attached hydrogen (secondary N) is 1. The smallest absolute Gasteiger partial charge is 0.236 e. The molecule has 2 aromatic rings. The molecule has 1 aliphatic rings. The predicted octanol–water partition coefficient (Wildman–Crippen LogP) is 2.18. The molecule has 3 rings (SSSR count). The van der Waals surface area contributed by atoms with Crippen molar-refractivity contribution in [2.45, 2.75) is 13.5 Å². The number of aromatic nitrogens is 1. The van der Waals surface area contributed by atoms with Crippen LogP contribution in [0.4, 0.5) is 5.88 Å². The second-order valence-electron chi connectivity index (χ2n) is 5.88. The Morgan fingerprint density at radius 1 is 1.28 bits per heavy atom. The fraction of sp³-hybridized carbons (Fsp3) is 0.444. The number of rotatable bonds is 7. The standard InChI is InChI=1S/C18H22N4O3/c1-14-2-4-15(5-3-14)24-13-17-21-16(12-19)18(25-17)20-6-7-22-8-10-23-11-9-22/h2-5,20H,6-11,13H2,1H3. The van der Waals surface area contributed by atoms with E-state index < -0.39 is 0 Å². The van der Waals surface area contributed by atoms with E-state index in [0.29, 0.717) is 18.3 Å². The van der Waals surface area contributed by atoms with E-state index in [9.17, 15) is 5.26 Å². The van der Waals surface area contributed by atoms with Crippen molar-refractivity contribution in [2.75, 3.05) is 44.7 Å². The van der Waals surface area contributed by atoms with Crippen molar-refractivity contribution < 1.29 is 13.9 Å². The van der Waals surface area contributed by atoms with Gasteiger partial charge in [0, 0.05) is 26.2 Å². The molecule has 0 saturated carbocycles. The number of anilines is 1. The first-order valence-electron chi connectivity index (χ1n) is 8.38. The molecule has 1 N–H and O–H groups in total. The van der Waals surface area contributed by atoms with Crippen LogP contribution in [0.25, 0.3) is 0 Å². The van der Waals surface area contributed by atoms with Crippen LogP contribution in [0.15, 0.2) is 28.7 Å². The van der Waals surface area contributed by atoms with Gasteiger partial charge in [-0.1, -0.05) is 17.7 Å². The molecule has 0 radical (unpaired) electrons. The van der Waals surface area contributed by atoms with Gasteiger partial charge in [0.1, 0.15) is 11.8 Å². The van der Waals surface area contributed by atoms with Gasteiger partial charge in [0.2, 0.25) is 17.5 Å². The highest BCUT2D eigenvalue weighted by Crippen LogP contribution is 2.19. The molecular formula is C18H22N4O3. The van der Waals surface area contributed by atoms with Gasteiger partial charge in [-0.2, -0.15) is 10.2 Å².